The van der Waals surface area contributed by atoms with Crippen LogP contribution in [0.1, 0.15) is 0 Å². The van der Waals surface area contributed by atoms with Crippen LogP contribution in [0.25, 0.3) is 11.4 Å². The Morgan fingerprint density at radius 2 is 1.92 bits per heavy atom. The first-order valence-corrected chi connectivity index (χ1v) is 3.68. The van der Waals surface area contributed by atoms with Gasteiger partial charge in [-0.2, -0.15) is 0 Å². The molecule has 0 saturated heterocycles. The molecule has 1 heterocycles. The maximum absolute atomic E-state index is 12.6. The molecule has 5 heteroatoms. The molecular weight excluding hydrogens is 171 g/mol. The number of rotatable bonds is 1. The Bertz CT molecular complexity index is 406. The number of hydrogen-bond donors (Lipinski definition) is 1. The molecule has 0 fully saturated rings. The minimum absolute atomic E-state index is 0.285. The first-order valence-electron chi connectivity index (χ1n) is 3.68. The number of nitrogens with zero attached hydrogens (tertiary/aromatic N) is 3. The van der Waals surface area contributed by atoms with Crippen molar-refractivity contribution < 1.29 is 4.39 Å². The van der Waals surface area contributed by atoms with Crippen LogP contribution >= 0.6 is 0 Å². The summed E-state index contributed by atoms with van der Waals surface area (Å²) in [6.45, 7) is 0. The van der Waals surface area contributed by atoms with Gasteiger partial charge in [0, 0.05) is 5.56 Å². The van der Waals surface area contributed by atoms with Crippen LogP contribution in [0, 0.1) is 5.82 Å². The highest BCUT2D eigenvalue weighted by atomic mass is 19.1. The minimum atomic E-state index is -0.285. The maximum atomic E-state index is 12.6. The Morgan fingerprint density at radius 3 is 2.46 bits per heavy atom. The normalized spacial score (nSPS) is 10.2. The molecule has 0 aliphatic rings. The lowest BCUT2D eigenvalue weighted by molar-refractivity contribution is 0.628. The van der Waals surface area contributed by atoms with Gasteiger partial charge in [-0.1, -0.05) is 0 Å². The second-order valence-electron chi connectivity index (χ2n) is 2.57. The summed E-state index contributed by atoms with van der Waals surface area (Å²) in [4.78, 5) is 0. The van der Waals surface area contributed by atoms with E-state index < -0.39 is 0 Å². The van der Waals surface area contributed by atoms with Gasteiger partial charge in [0.05, 0.1) is 0 Å². The molecule has 2 aromatic rings. The van der Waals surface area contributed by atoms with E-state index in [2.05, 4.69) is 10.2 Å². The summed E-state index contributed by atoms with van der Waals surface area (Å²) in [5.74, 6) is 5.74. The largest absolute Gasteiger partial charge is 0.336 e. The summed E-state index contributed by atoms with van der Waals surface area (Å²) in [6, 6.07) is 5.90. The zero-order chi connectivity index (χ0) is 9.26. The van der Waals surface area contributed by atoms with Gasteiger partial charge in [-0.3, -0.25) is 0 Å². The Hall–Kier alpha value is -1.91. The molecule has 0 amide bonds. The monoisotopic (exact) mass is 178 g/mol. The molecule has 1 aromatic carbocycles. The highest BCUT2D eigenvalue weighted by Crippen LogP contribution is 2.14. The second kappa shape index (κ2) is 2.85. The SMILES string of the molecule is Nn1cnnc1-c1ccc(F)cc1. The molecule has 0 radical (unpaired) electrons. The van der Waals surface area contributed by atoms with E-state index in [0.717, 1.165) is 5.56 Å². The van der Waals surface area contributed by atoms with E-state index in [1.54, 1.807) is 12.1 Å². The fourth-order valence-corrected chi connectivity index (χ4v) is 1.05. The number of nitrogen functional groups attached to an aromatic ring is 1. The highest BCUT2D eigenvalue weighted by Gasteiger charge is 2.03. The molecule has 0 atom stereocenters. The molecular formula is C8H7FN4. The molecule has 2 rings (SSSR count). The van der Waals surface area contributed by atoms with E-state index in [0.29, 0.717) is 5.82 Å². The summed E-state index contributed by atoms with van der Waals surface area (Å²) >= 11 is 0. The molecule has 0 unspecified atom stereocenters. The van der Waals surface area contributed by atoms with Crippen molar-refractivity contribution in [3.63, 3.8) is 0 Å². The first-order chi connectivity index (χ1) is 6.27. The molecule has 0 aliphatic carbocycles. The predicted molar refractivity (Wildman–Crippen MR) is 45.6 cm³/mol. The summed E-state index contributed by atoms with van der Waals surface area (Å²) in [6.07, 6.45) is 1.39. The molecule has 0 bridgehead atoms. The van der Waals surface area contributed by atoms with Crippen LogP contribution in [0.2, 0.25) is 0 Å². The lowest BCUT2D eigenvalue weighted by Gasteiger charge is -1.98. The van der Waals surface area contributed by atoms with Gasteiger partial charge in [0.15, 0.2) is 5.82 Å². The third kappa shape index (κ3) is 1.35. The lowest BCUT2D eigenvalue weighted by atomic mass is 10.2. The fourth-order valence-electron chi connectivity index (χ4n) is 1.05. The van der Waals surface area contributed by atoms with Crippen molar-refractivity contribution in [2.75, 3.05) is 5.84 Å². The Morgan fingerprint density at radius 1 is 1.23 bits per heavy atom. The van der Waals surface area contributed by atoms with E-state index in [9.17, 15) is 4.39 Å². The smallest absolute Gasteiger partial charge is 0.182 e. The highest BCUT2D eigenvalue weighted by molar-refractivity contribution is 5.54. The Labute approximate surface area is 73.8 Å². The summed E-state index contributed by atoms with van der Waals surface area (Å²) in [5, 5.41) is 7.40. The average molecular weight is 178 g/mol. The van der Waals surface area contributed by atoms with Crippen molar-refractivity contribution in [3.8, 4) is 11.4 Å². The molecule has 66 valence electrons. The van der Waals surface area contributed by atoms with Gasteiger partial charge in [0.25, 0.3) is 0 Å². The van der Waals surface area contributed by atoms with Crippen LogP contribution < -0.4 is 5.84 Å². The summed E-state index contributed by atoms with van der Waals surface area (Å²) in [5.41, 5.74) is 0.737. The van der Waals surface area contributed by atoms with Crippen LogP contribution in [0.5, 0.6) is 0 Å². The third-order valence-electron chi connectivity index (χ3n) is 1.68. The van der Waals surface area contributed by atoms with Gasteiger partial charge in [0.2, 0.25) is 0 Å². The van der Waals surface area contributed by atoms with Crippen LogP contribution in [-0.4, -0.2) is 14.9 Å². The van der Waals surface area contributed by atoms with Crippen molar-refractivity contribution in [2.45, 2.75) is 0 Å². The van der Waals surface area contributed by atoms with E-state index in [1.807, 2.05) is 0 Å². The van der Waals surface area contributed by atoms with E-state index in [4.69, 9.17) is 5.84 Å². The van der Waals surface area contributed by atoms with Gasteiger partial charge in [-0.05, 0) is 24.3 Å². The number of nitrogens with two attached hydrogens (primary N) is 1. The summed E-state index contributed by atoms with van der Waals surface area (Å²) < 4.78 is 13.8. The molecule has 2 N–H and O–H groups in total. The van der Waals surface area contributed by atoms with Crippen LogP contribution in [0.15, 0.2) is 30.6 Å². The van der Waals surface area contributed by atoms with Crippen molar-refractivity contribution in [3.05, 3.63) is 36.4 Å². The Balaban J connectivity index is 2.47. The van der Waals surface area contributed by atoms with Gasteiger partial charge in [-0.25, -0.2) is 9.07 Å². The average Bonchev–Trinajstić information content (AvgIpc) is 2.53. The van der Waals surface area contributed by atoms with Gasteiger partial charge >= 0.3 is 0 Å². The molecule has 0 saturated carbocycles. The van der Waals surface area contributed by atoms with E-state index in [1.165, 1.54) is 23.1 Å². The fraction of sp³-hybridized carbons (Fsp3) is 0. The molecule has 13 heavy (non-hydrogen) atoms. The van der Waals surface area contributed by atoms with Crippen LogP contribution in [0.3, 0.4) is 0 Å². The maximum Gasteiger partial charge on any atom is 0.182 e. The predicted octanol–water partition coefficient (Wildman–Crippen LogP) is 0.798. The molecule has 4 nitrogen and oxygen atoms in total. The van der Waals surface area contributed by atoms with Crippen LogP contribution in [0.4, 0.5) is 4.39 Å². The van der Waals surface area contributed by atoms with Gasteiger partial charge in [0.1, 0.15) is 12.1 Å². The van der Waals surface area contributed by atoms with E-state index in [-0.39, 0.29) is 5.82 Å². The molecule has 0 aliphatic heterocycles. The quantitative estimate of drug-likeness (QED) is 0.657. The van der Waals surface area contributed by atoms with Crippen molar-refractivity contribution >= 4 is 0 Å². The minimum Gasteiger partial charge on any atom is -0.336 e. The van der Waals surface area contributed by atoms with Gasteiger partial charge < -0.3 is 5.84 Å². The zero-order valence-corrected chi connectivity index (χ0v) is 6.68. The van der Waals surface area contributed by atoms with Crippen molar-refractivity contribution in [1.29, 1.82) is 0 Å². The van der Waals surface area contributed by atoms with Gasteiger partial charge in [-0.15, -0.1) is 10.2 Å². The standard InChI is InChI=1S/C8H7FN4/c9-7-3-1-6(2-4-7)8-12-11-5-13(8)10/h1-5H,10H2. The molecule has 0 spiro atoms. The number of halogens is 1. The lowest BCUT2D eigenvalue weighted by Crippen LogP contribution is -2.08. The topological polar surface area (TPSA) is 56.7 Å². The van der Waals surface area contributed by atoms with Crippen molar-refractivity contribution in [2.24, 2.45) is 0 Å². The summed E-state index contributed by atoms with van der Waals surface area (Å²) in [7, 11) is 0. The number of hydrogen-bond acceptors (Lipinski definition) is 3. The van der Waals surface area contributed by atoms with E-state index >= 15 is 0 Å². The number of benzene rings is 1. The molecule has 1 aromatic heterocycles. The number of aromatic nitrogens is 3. The van der Waals surface area contributed by atoms with Crippen molar-refractivity contribution in [1.82, 2.24) is 14.9 Å². The first kappa shape index (κ1) is 7.72. The zero-order valence-electron chi connectivity index (χ0n) is 6.68. The Kier molecular flexibility index (Phi) is 1.70. The third-order valence-corrected chi connectivity index (χ3v) is 1.68. The van der Waals surface area contributed by atoms with Crippen LogP contribution in [-0.2, 0) is 0 Å². The second-order valence-corrected chi connectivity index (χ2v) is 2.57.